The molecule has 0 unspecified atom stereocenters. The van der Waals surface area contributed by atoms with E-state index in [2.05, 4.69) is 5.92 Å². The van der Waals surface area contributed by atoms with Gasteiger partial charge in [-0.15, -0.1) is 6.42 Å². The molecular formula is C23H5Cl4I4NaO5. The number of halogens is 8. The van der Waals surface area contributed by atoms with Crippen molar-refractivity contribution in [1.29, 1.82) is 0 Å². The Morgan fingerprint density at radius 1 is 0.973 bits per heavy atom. The standard InChI is InChI=1S/C23H6Cl4I4O5.Na/c1-2-3-35-23(34)12-11(13(24)15(26)16(27)14(12)25)10-6-4-8(28)19(32)17(30)21(6)36-22-7(10)5-9(29)20(33)18(22)31;/h1,4-5,32H,3H2;/q;+1/p-1. The third kappa shape index (κ3) is 5.74. The maximum absolute atomic E-state index is 13.2. The molecule has 0 fully saturated rings. The van der Waals surface area contributed by atoms with E-state index in [1.54, 1.807) is 12.1 Å². The Morgan fingerprint density at radius 2 is 1.59 bits per heavy atom. The van der Waals surface area contributed by atoms with Gasteiger partial charge in [-0.05, 0) is 102 Å². The normalized spacial score (nSPS) is 10.9. The molecule has 5 nitrogen and oxygen atoms in total. The van der Waals surface area contributed by atoms with E-state index < -0.39 is 5.97 Å². The molecule has 0 saturated carbocycles. The molecule has 14 heteroatoms. The molecule has 2 aliphatic rings. The smallest absolute Gasteiger partial charge is 0.871 e. The molecule has 0 radical (unpaired) electrons. The minimum absolute atomic E-state index is 0. The van der Waals surface area contributed by atoms with Gasteiger partial charge in [-0.1, -0.05) is 58.1 Å². The van der Waals surface area contributed by atoms with Gasteiger partial charge >= 0.3 is 35.5 Å². The van der Waals surface area contributed by atoms with Crippen molar-refractivity contribution < 1.29 is 48.6 Å². The van der Waals surface area contributed by atoms with Crippen LogP contribution < -0.4 is 40.1 Å². The Balaban J connectivity index is 0.00000380. The summed E-state index contributed by atoms with van der Waals surface area (Å²) in [7, 11) is 0. The summed E-state index contributed by atoms with van der Waals surface area (Å²) in [6.45, 7) is -0.331. The maximum Gasteiger partial charge on any atom is 1.00 e. The van der Waals surface area contributed by atoms with Crippen LogP contribution in [0.4, 0.5) is 0 Å². The number of carbonyl (C=O) groups excluding carboxylic acids is 1. The molecule has 1 aliphatic heterocycles. The summed E-state index contributed by atoms with van der Waals surface area (Å²) in [4.78, 5) is 26.0. The quantitative estimate of drug-likeness (QED) is 0.0519. The average Bonchev–Trinajstić information content (AvgIpc) is 2.85. The number of rotatable bonds is 3. The zero-order valence-electron chi connectivity index (χ0n) is 18.0. The summed E-state index contributed by atoms with van der Waals surface area (Å²) < 4.78 is 12.6. The van der Waals surface area contributed by atoms with Gasteiger partial charge < -0.3 is 14.3 Å². The Morgan fingerprint density at radius 3 is 2.22 bits per heavy atom. The van der Waals surface area contributed by atoms with Gasteiger partial charge in [0.05, 0.1) is 29.2 Å². The van der Waals surface area contributed by atoms with Gasteiger partial charge in [0.25, 0.3) is 0 Å². The predicted molar refractivity (Wildman–Crippen MR) is 174 cm³/mol. The third-order valence-electron chi connectivity index (χ3n) is 5.01. The summed E-state index contributed by atoms with van der Waals surface area (Å²) in [5.74, 6) is 1.28. The molecule has 184 valence electrons. The molecular weight excluding hydrogens is 1030 g/mol. The number of terminal acetylenes is 1. The summed E-state index contributed by atoms with van der Waals surface area (Å²) in [5, 5.41) is 12.7. The second-order valence-electron chi connectivity index (χ2n) is 7.02. The fourth-order valence-corrected chi connectivity index (χ4v) is 8.09. The van der Waals surface area contributed by atoms with Crippen LogP contribution in [-0.2, 0) is 4.74 Å². The van der Waals surface area contributed by atoms with Crippen LogP contribution in [0.5, 0.6) is 5.75 Å². The van der Waals surface area contributed by atoms with Crippen molar-refractivity contribution in [1.82, 2.24) is 0 Å². The Hall–Kier alpha value is 1.04. The first-order valence-corrected chi connectivity index (χ1v) is 15.1. The summed E-state index contributed by atoms with van der Waals surface area (Å²) in [6, 6.07) is 3.21. The van der Waals surface area contributed by atoms with Crippen LogP contribution in [0.3, 0.4) is 0 Å². The van der Waals surface area contributed by atoms with Crippen molar-refractivity contribution in [3.63, 3.8) is 0 Å². The van der Waals surface area contributed by atoms with E-state index in [-0.39, 0.29) is 97.0 Å². The van der Waals surface area contributed by atoms with Crippen LogP contribution in [0, 0.1) is 26.6 Å². The Labute approximate surface area is 306 Å². The molecule has 37 heavy (non-hydrogen) atoms. The minimum atomic E-state index is -0.884. The van der Waals surface area contributed by atoms with E-state index in [4.69, 9.17) is 62.0 Å². The second kappa shape index (κ2) is 12.9. The van der Waals surface area contributed by atoms with Crippen LogP contribution in [0.25, 0.3) is 33.4 Å². The van der Waals surface area contributed by atoms with E-state index in [9.17, 15) is 14.7 Å². The maximum atomic E-state index is 13.2. The predicted octanol–water partition coefficient (Wildman–Crippen LogP) is 5.46. The zero-order chi connectivity index (χ0) is 26.6. The summed E-state index contributed by atoms with van der Waals surface area (Å²) in [6.07, 6.45) is 5.26. The molecule has 0 amide bonds. The second-order valence-corrected chi connectivity index (χ2v) is 13.0. The van der Waals surface area contributed by atoms with Gasteiger partial charge in [0.1, 0.15) is 9.15 Å². The molecule has 0 saturated heterocycles. The Bertz CT molecular complexity index is 1700. The van der Waals surface area contributed by atoms with Crippen molar-refractivity contribution in [2.24, 2.45) is 0 Å². The molecule has 1 aliphatic carbocycles. The van der Waals surface area contributed by atoms with Crippen molar-refractivity contribution >= 4 is 154 Å². The molecule has 4 rings (SSSR count). The number of hydrogen-bond donors (Lipinski definition) is 0. The van der Waals surface area contributed by atoms with Crippen LogP contribution in [-0.4, -0.2) is 12.6 Å². The molecule has 0 spiro atoms. The first-order chi connectivity index (χ1) is 16.9. The monoisotopic (exact) mass is 1030 g/mol. The van der Waals surface area contributed by atoms with E-state index in [0.717, 1.165) is 0 Å². The SMILES string of the molecule is C#CCOC(=O)c1c(Cl)c(Cl)c(Cl)c(Cl)c1-c1c2cc(I)c(=O)c(I)c-2oc2c(I)c([O-])c(I)cc12.[Na+]. The fourth-order valence-electron chi connectivity index (χ4n) is 3.49. The summed E-state index contributed by atoms with van der Waals surface area (Å²) in [5.41, 5.74) is 0.655. The first kappa shape index (κ1) is 32.6. The number of ether oxygens (including phenoxy) is 1. The van der Waals surface area contributed by atoms with Gasteiger partial charge in [0, 0.05) is 29.2 Å². The third-order valence-corrected chi connectivity index (χ3v) is 10.4. The zero-order valence-corrected chi connectivity index (χ0v) is 31.7. The first-order valence-electron chi connectivity index (χ1n) is 9.32. The number of benzene rings is 3. The molecule has 0 atom stereocenters. The van der Waals surface area contributed by atoms with Crippen molar-refractivity contribution in [3.8, 4) is 40.5 Å². The average molecular weight is 1030 g/mol. The number of hydrogen-bond acceptors (Lipinski definition) is 5. The van der Waals surface area contributed by atoms with E-state index in [1.807, 2.05) is 90.4 Å². The minimum Gasteiger partial charge on any atom is -0.871 e. The largest absolute Gasteiger partial charge is 1.00 e. The molecule has 0 aromatic heterocycles. The van der Waals surface area contributed by atoms with E-state index in [1.165, 1.54) is 0 Å². The van der Waals surface area contributed by atoms with Gasteiger partial charge in [-0.25, -0.2) is 4.79 Å². The van der Waals surface area contributed by atoms with Crippen LogP contribution in [0.2, 0.25) is 20.1 Å². The Kier molecular flexibility index (Phi) is 11.4. The van der Waals surface area contributed by atoms with Gasteiger partial charge in [0.2, 0.25) is 5.43 Å². The van der Waals surface area contributed by atoms with Crippen LogP contribution in [0.15, 0.2) is 21.3 Å². The van der Waals surface area contributed by atoms with Gasteiger partial charge in [0.15, 0.2) is 12.4 Å². The number of esters is 1. The van der Waals surface area contributed by atoms with Crippen molar-refractivity contribution in [2.75, 3.05) is 6.61 Å². The van der Waals surface area contributed by atoms with Gasteiger partial charge in [-0.3, -0.25) is 4.79 Å². The molecule has 0 bridgehead atoms. The van der Waals surface area contributed by atoms with Crippen LogP contribution >= 0.6 is 137 Å². The summed E-state index contributed by atoms with van der Waals surface area (Å²) >= 11 is 33.6. The fraction of sp³-hybridized carbons (Fsp3) is 0.0435. The number of fused-ring (bicyclic) bond motifs is 2. The molecule has 2 aromatic rings. The van der Waals surface area contributed by atoms with E-state index >= 15 is 0 Å². The van der Waals surface area contributed by atoms with Crippen molar-refractivity contribution in [3.05, 3.63) is 62.3 Å². The topological polar surface area (TPSA) is 79.6 Å². The van der Waals surface area contributed by atoms with E-state index in [0.29, 0.717) is 23.7 Å². The van der Waals surface area contributed by atoms with Gasteiger partial charge in [-0.2, -0.15) is 0 Å². The molecule has 0 N–H and O–H groups in total. The number of carbonyl (C=O) groups is 1. The molecule has 2 aromatic carbocycles. The molecule has 1 heterocycles. The van der Waals surface area contributed by atoms with Crippen LogP contribution in [0.1, 0.15) is 10.4 Å². The van der Waals surface area contributed by atoms with Crippen molar-refractivity contribution in [2.45, 2.75) is 0 Å².